The molecular weight excluding hydrogens is 462 g/mol. The first-order chi connectivity index (χ1) is 17.6. The van der Waals surface area contributed by atoms with Crippen LogP contribution in [0.2, 0.25) is 0 Å². The second kappa shape index (κ2) is 12.2. The van der Waals surface area contributed by atoms with Crippen molar-refractivity contribution in [3.8, 4) is 28.7 Å². The number of carbonyl (C=O) groups is 1. The Hall–Kier alpha value is -3.91. The maximum Gasteiger partial charge on any atom is 0.293 e. The van der Waals surface area contributed by atoms with Crippen molar-refractivity contribution in [2.75, 3.05) is 27.6 Å². The fourth-order valence-electron chi connectivity index (χ4n) is 4.34. The second-order valence-corrected chi connectivity index (χ2v) is 8.42. The summed E-state index contributed by atoms with van der Waals surface area (Å²) in [6, 6.07) is 19.4. The van der Waals surface area contributed by atoms with Crippen molar-refractivity contribution in [3.05, 3.63) is 77.4 Å². The predicted octanol–water partition coefficient (Wildman–Crippen LogP) is 4.43. The molecule has 1 aliphatic heterocycles. The number of hydrogen-bond acceptors (Lipinski definition) is 8. The van der Waals surface area contributed by atoms with Gasteiger partial charge in [-0.3, -0.25) is 4.79 Å². The molecule has 0 bridgehead atoms. The average Bonchev–Trinajstić information content (AvgIpc) is 3.39. The number of hydrogen-bond donors (Lipinski definition) is 1. The summed E-state index contributed by atoms with van der Waals surface area (Å²) in [6.07, 6.45) is 1.84. The van der Waals surface area contributed by atoms with Crippen LogP contribution in [0.5, 0.6) is 28.7 Å². The molecule has 8 nitrogen and oxygen atoms in total. The van der Waals surface area contributed by atoms with Crippen molar-refractivity contribution in [3.63, 3.8) is 0 Å². The molecule has 0 spiro atoms. The molecule has 1 aliphatic carbocycles. The minimum absolute atomic E-state index is 0.122. The Morgan fingerprint density at radius 2 is 1.67 bits per heavy atom. The molecule has 2 N–H and O–H groups in total. The standard InChI is InChI=1S/C15H16O3.C13H15NO4/c1-16-13-9-6-10-14(17-2)15(13)18-11-12-7-4-3-5-8-12;14-13-9(5-16-6-15)2-1-8-3-11-12(4-10(8)13)18-7-17-11/h3-10H,11H2,1-2H3;3-4,6,9,13H,1-2,5,7,14H2. The number of nitrogens with two attached hydrogens (primary N) is 1. The molecule has 0 amide bonds. The second-order valence-electron chi connectivity index (χ2n) is 8.42. The van der Waals surface area contributed by atoms with Gasteiger partial charge in [-0.15, -0.1) is 0 Å². The van der Waals surface area contributed by atoms with Crippen molar-refractivity contribution in [2.24, 2.45) is 11.7 Å². The average molecular weight is 494 g/mol. The van der Waals surface area contributed by atoms with Crippen LogP contribution >= 0.6 is 0 Å². The van der Waals surface area contributed by atoms with Gasteiger partial charge in [0.05, 0.1) is 20.8 Å². The van der Waals surface area contributed by atoms with Crippen LogP contribution in [0.4, 0.5) is 0 Å². The lowest BCUT2D eigenvalue weighted by molar-refractivity contribution is -0.130. The smallest absolute Gasteiger partial charge is 0.293 e. The molecule has 3 aromatic carbocycles. The highest BCUT2D eigenvalue weighted by Gasteiger charge is 2.30. The van der Waals surface area contributed by atoms with Gasteiger partial charge in [-0.1, -0.05) is 36.4 Å². The Morgan fingerprint density at radius 1 is 0.972 bits per heavy atom. The van der Waals surface area contributed by atoms with E-state index in [0.29, 0.717) is 36.9 Å². The fraction of sp³-hybridized carbons (Fsp3) is 0.321. The monoisotopic (exact) mass is 493 g/mol. The number of rotatable bonds is 8. The van der Waals surface area contributed by atoms with Crippen LogP contribution in [0.1, 0.15) is 29.2 Å². The molecule has 5 rings (SSSR count). The van der Waals surface area contributed by atoms with Gasteiger partial charge in [0.25, 0.3) is 6.47 Å². The largest absolute Gasteiger partial charge is 0.493 e. The Balaban J connectivity index is 0.000000169. The molecule has 0 aromatic heterocycles. The highest BCUT2D eigenvalue weighted by molar-refractivity contribution is 5.51. The first-order valence-electron chi connectivity index (χ1n) is 11.8. The van der Waals surface area contributed by atoms with Crippen LogP contribution in [-0.4, -0.2) is 34.1 Å². The Bertz CT molecular complexity index is 1130. The summed E-state index contributed by atoms with van der Waals surface area (Å²) in [7, 11) is 3.23. The van der Waals surface area contributed by atoms with E-state index in [0.717, 1.165) is 35.5 Å². The highest BCUT2D eigenvalue weighted by Crippen LogP contribution is 2.41. The van der Waals surface area contributed by atoms with E-state index in [1.807, 2.05) is 60.7 Å². The number of carbonyl (C=O) groups excluding carboxylic acids is 1. The van der Waals surface area contributed by atoms with Gasteiger partial charge in [0.1, 0.15) is 6.61 Å². The third-order valence-electron chi connectivity index (χ3n) is 6.27. The van der Waals surface area contributed by atoms with E-state index in [1.54, 1.807) is 14.2 Å². The van der Waals surface area contributed by atoms with Gasteiger partial charge in [0.2, 0.25) is 12.5 Å². The lowest BCUT2D eigenvalue weighted by Gasteiger charge is -2.30. The quantitative estimate of drug-likeness (QED) is 0.460. The van der Waals surface area contributed by atoms with E-state index in [1.165, 1.54) is 5.56 Å². The van der Waals surface area contributed by atoms with Gasteiger partial charge in [0.15, 0.2) is 23.0 Å². The Kier molecular flexibility index (Phi) is 8.52. The minimum atomic E-state index is -0.122. The molecule has 0 fully saturated rings. The summed E-state index contributed by atoms with van der Waals surface area (Å²) in [5, 5.41) is 0. The topological polar surface area (TPSA) is 98.5 Å². The van der Waals surface area contributed by atoms with E-state index < -0.39 is 0 Å². The van der Waals surface area contributed by atoms with Crippen molar-refractivity contribution in [1.82, 2.24) is 0 Å². The van der Waals surface area contributed by atoms with Gasteiger partial charge in [0, 0.05) is 12.0 Å². The van der Waals surface area contributed by atoms with Crippen LogP contribution in [0.3, 0.4) is 0 Å². The van der Waals surface area contributed by atoms with E-state index in [2.05, 4.69) is 0 Å². The summed E-state index contributed by atoms with van der Waals surface area (Å²) < 4.78 is 31.9. The van der Waals surface area contributed by atoms with E-state index >= 15 is 0 Å². The molecule has 3 aromatic rings. The fourth-order valence-corrected chi connectivity index (χ4v) is 4.34. The molecule has 8 heteroatoms. The maximum atomic E-state index is 10.3. The van der Waals surface area contributed by atoms with Gasteiger partial charge < -0.3 is 34.2 Å². The van der Waals surface area contributed by atoms with Crippen LogP contribution in [0, 0.1) is 5.92 Å². The zero-order chi connectivity index (χ0) is 25.3. The lowest BCUT2D eigenvalue weighted by Crippen LogP contribution is -2.30. The predicted molar refractivity (Wildman–Crippen MR) is 134 cm³/mol. The van der Waals surface area contributed by atoms with E-state index in [9.17, 15) is 4.79 Å². The number of para-hydroxylation sites is 1. The molecule has 2 atom stereocenters. The van der Waals surface area contributed by atoms with Gasteiger partial charge in [-0.2, -0.15) is 0 Å². The maximum absolute atomic E-state index is 10.3. The molecule has 0 radical (unpaired) electrons. The normalized spacial score (nSPS) is 17.2. The molecule has 0 saturated carbocycles. The molecule has 1 heterocycles. The first kappa shape index (κ1) is 25.2. The van der Waals surface area contributed by atoms with Crippen LogP contribution in [-0.2, 0) is 22.6 Å². The Labute approximate surface area is 210 Å². The van der Waals surface area contributed by atoms with Crippen LogP contribution in [0.15, 0.2) is 60.7 Å². The van der Waals surface area contributed by atoms with Gasteiger partial charge in [-0.25, -0.2) is 0 Å². The van der Waals surface area contributed by atoms with Gasteiger partial charge >= 0.3 is 0 Å². The third-order valence-corrected chi connectivity index (χ3v) is 6.27. The lowest BCUT2D eigenvalue weighted by atomic mass is 9.80. The molecular formula is C28H31NO7. The number of aryl methyl sites for hydroxylation is 1. The van der Waals surface area contributed by atoms with E-state index in [-0.39, 0.29) is 18.8 Å². The molecule has 0 saturated heterocycles. The summed E-state index contributed by atoms with van der Waals surface area (Å²) in [4.78, 5) is 10.3. The van der Waals surface area contributed by atoms with Crippen molar-refractivity contribution in [1.29, 1.82) is 0 Å². The van der Waals surface area contributed by atoms with Crippen molar-refractivity contribution in [2.45, 2.75) is 25.5 Å². The number of benzene rings is 3. The summed E-state index contributed by atoms with van der Waals surface area (Å²) in [5.41, 5.74) is 9.61. The third kappa shape index (κ3) is 5.83. The number of ether oxygens (including phenoxy) is 6. The number of fused-ring (bicyclic) bond motifs is 2. The molecule has 2 aliphatic rings. The van der Waals surface area contributed by atoms with Crippen molar-refractivity contribution >= 4 is 6.47 Å². The minimum Gasteiger partial charge on any atom is -0.493 e. The molecule has 2 unspecified atom stereocenters. The highest BCUT2D eigenvalue weighted by atomic mass is 16.7. The van der Waals surface area contributed by atoms with Crippen LogP contribution < -0.4 is 29.4 Å². The Morgan fingerprint density at radius 3 is 2.33 bits per heavy atom. The summed E-state index contributed by atoms with van der Waals surface area (Å²) >= 11 is 0. The first-order valence-corrected chi connectivity index (χ1v) is 11.8. The van der Waals surface area contributed by atoms with E-state index in [4.69, 9.17) is 34.2 Å². The SMILES string of the molecule is COc1cccc(OC)c1OCc1ccccc1.NC1c2cc3c(cc2CCC1COC=O)OCO3. The number of methoxy groups -OCH3 is 2. The zero-order valence-corrected chi connectivity index (χ0v) is 20.5. The van der Waals surface area contributed by atoms with Gasteiger partial charge in [-0.05, 0) is 53.8 Å². The molecule has 36 heavy (non-hydrogen) atoms. The summed E-state index contributed by atoms with van der Waals surface area (Å²) in [6.45, 7) is 1.60. The van der Waals surface area contributed by atoms with Crippen LogP contribution in [0.25, 0.3) is 0 Å². The summed E-state index contributed by atoms with van der Waals surface area (Å²) in [5.74, 6) is 3.69. The zero-order valence-electron chi connectivity index (χ0n) is 20.5. The van der Waals surface area contributed by atoms with Crippen molar-refractivity contribution < 1.29 is 33.2 Å². The molecule has 190 valence electrons.